The van der Waals surface area contributed by atoms with Crippen molar-refractivity contribution in [3.8, 4) is 0 Å². The predicted molar refractivity (Wildman–Crippen MR) is 78.8 cm³/mol. The van der Waals surface area contributed by atoms with Crippen molar-refractivity contribution in [1.82, 2.24) is 9.88 Å². The van der Waals surface area contributed by atoms with Gasteiger partial charge in [-0.25, -0.2) is 0 Å². The van der Waals surface area contributed by atoms with Crippen LogP contribution in [0.2, 0.25) is 0 Å². The highest BCUT2D eigenvalue weighted by atomic mass is 32.2. The molecule has 0 spiro atoms. The van der Waals surface area contributed by atoms with Gasteiger partial charge in [-0.1, -0.05) is 6.07 Å². The standard InChI is InChI=1S/C14H18N2O2S/c1-10(9-19(3)18)16(2)14(17)12-5-4-11-6-7-15-13(11)8-12/h4-8,10,15H,9H2,1-3H3/t10-,19-/m1/s1. The van der Waals surface area contributed by atoms with Crippen LogP contribution in [0.15, 0.2) is 30.5 Å². The van der Waals surface area contributed by atoms with Crippen molar-refractivity contribution in [3.05, 3.63) is 36.0 Å². The summed E-state index contributed by atoms with van der Waals surface area (Å²) in [6, 6.07) is 7.53. The lowest BCUT2D eigenvalue weighted by molar-refractivity contribution is 0.0757. The minimum atomic E-state index is -0.905. The van der Waals surface area contributed by atoms with Gasteiger partial charge in [0, 0.05) is 53.2 Å². The number of carbonyl (C=O) groups excluding carboxylic acids is 1. The van der Waals surface area contributed by atoms with E-state index in [4.69, 9.17) is 0 Å². The molecule has 1 aromatic carbocycles. The van der Waals surface area contributed by atoms with Crippen LogP contribution >= 0.6 is 0 Å². The summed E-state index contributed by atoms with van der Waals surface area (Å²) in [6.07, 6.45) is 3.51. The molecule has 1 amide bonds. The van der Waals surface area contributed by atoms with Crippen LogP contribution in [0.25, 0.3) is 10.9 Å². The summed E-state index contributed by atoms with van der Waals surface area (Å²) in [4.78, 5) is 17.1. The number of rotatable bonds is 4. The molecule has 1 aromatic heterocycles. The zero-order valence-corrected chi connectivity index (χ0v) is 12.2. The molecule has 19 heavy (non-hydrogen) atoms. The van der Waals surface area contributed by atoms with Gasteiger partial charge in [-0.2, -0.15) is 0 Å². The number of nitrogens with zero attached hydrogens (tertiary/aromatic N) is 1. The van der Waals surface area contributed by atoms with Crippen LogP contribution < -0.4 is 0 Å². The molecule has 0 radical (unpaired) electrons. The van der Waals surface area contributed by atoms with Gasteiger partial charge in [0.05, 0.1) is 0 Å². The number of fused-ring (bicyclic) bond motifs is 1. The molecule has 0 aliphatic rings. The summed E-state index contributed by atoms with van der Waals surface area (Å²) in [6.45, 7) is 1.91. The Morgan fingerprint density at radius 3 is 2.84 bits per heavy atom. The first-order valence-electron chi connectivity index (χ1n) is 6.13. The smallest absolute Gasteiger partial charge is 0.253 e. The summed E-state index contributed by atoms with van der Waals surface area (Å²) in [5.74, 6) is 0.446. The summed E-state index contributed by atoms with van der Waals surface area (Å²) in [5.41, 5.74) is 1.59. The molecule has 0 saturated heterocycles. The second-order valence-electron chi connectivity index (χ2n) is 4.78. The zero-order chi connectivity index (χ0) is 14.0. The van der Waals surface area contributed by atoms with Gasteiger partial charge >= 0.3 is 0 Å². The largest absolute Gasteiger partial charge is 0.361 e. The maximum Gasteiger partial charge on any atom is 0.253 e. The first kappa shape index (κ1) is 13.8. The minimum Gasteiger partial charge on any atom is -0.361 e. The van der Waals surface area contributed by atoms with Crippen LogP contribution in [0.5, 0.6) is 0 Å². The topological polar surface area (TPSA) is 53.2 Å². The third-order valence-electron chi connectivity index (χ3n) is 3.26. The van der Waals surface area contributed by atoms with Crippen LogP contribution in [-0.2, 0) is 10.8 Å². The lowest BCUT2D eigenvalue weighted by Gasteiger charge is -2.24. The quantitative estimate of drug-likeness (QED) is 0.930. The molecule has 0 saturated carbocycles. The van der Waals surface area contributed by atoms with Crippen molar-refractivity contribution in [2.75, 3.05) is 19.1 Å². The van der Waals surface area contributed by atoms with Gasteiger partial charge in [-0.05, 0) is 30.5 Å². The lowest BCUT2D eigenvalue weighted by atomic mass is 10.1. The molecule has 0 aliphatic heterocycles. The molecule has 102 valence electrons. The predicted octanol–water partition coefficient (Wildman–Crippen LogP) is 2.01. The van der Waals surface area contributed by atoms with E-state index >= 15 is 0 Å². The normalized spacial score (nSPS) is 14.3. The number of hydrogen-bond acceptors (Lipinski definition) is 2. The lowest BCUT2D eigenvalue weighted by Crippen LogP contribution is -2.38. The monoisotopic (exact) mass is 278 g/mol. The molecular weight excluding hydrogens is 260 g/mol. The van der Waals surface area contributed by atoms with Crippen molar-refractivity contribution in [2.24, 2.45) is 0 Å². The number of carbonyl (C=O) groups is 1. The second-order valence-corrected chi connectivity index (χ2v) is 6.26. The molecule has 2 rings (SSSR count). The summed E-state index contributed by atoms with van der Waals surface area (Å²) in [5, 5.41) is 1.09. The highest BCUT2D eigenvalue weighted by molar-refractivity contribution is 7.84. The molecule has 1 heterocycles. The molecule has 0 unspecified atom stereocenters. The fourth-order valence-electron chi connectivity index (χ4n) is 2.04. The van der Waals surface area contributed by atoms with E-state index in [-0.39, 0.29) is 11.9 Å². The Kier molecular flexibility index (Phi) is 4.04. The van der Waals surface area contributed by atoms with Crippen molar-refractivity contribution in [3.63, 3.8) is 0 Å². The molecule has 0 fully saturated rings. The number of aromatic amines is 1. The Morgan fingerprint density at radius 2 is 2.16 bits per heavy atom. The third-order valence-corrected chi connectivity index (χ3v) is 4.21. The van der Waals surface area contributed by atoms with Crippen LogP contribution in [-0.4, -0.2) is 45.1 Å². The number of hydrogen-bond donors (Lipinski definition) is 1. The number of amides is 1. The van der Waals surface area contributed by atoms with Gasteiger partial charge in [0.2, 0.25) is 0 Å². The SMILES string of the molecule is C[C@H](C[S@@](C)=O)N(C)C(=O)c1ccc2cc[nH]c2c1. The molecule has 0 bridgehead atoms. The highest BCUT2D eigenvalue weighted by Crippen LogP contribution is 2.16. The number of H-pyrrole nitrogens is 1. The van der Waals surface area contributed by atoms with E-state index in [0.717, 1.165) is 10.9 Å². The Balaban J connectivity index is 2.20. The molecule has 1 N–H and O–H groups in total. The van der Waals surface area contributed by atoms with E-state index in [1.165, 1.54) is 0 Å². The van der Waals surface area contributed by atoms with Crippen LogP contribution in [0.3, 0.4) is 0 Å². The first-order chi connectivity index (χ1) is 8.99. The van der Waals surface area contributed by atoms with E-state index in [1.807, 2.05) is 37.4 Å². The summed E-state index contributed by atoms with van der Waals surface area (Å²) < 4.78 is 11.2. The maximum atomic E-state index is 12.3. The Labute approximate surface area is 115 Å². The average molecular weight is 278 g/mol. The number of aromatic nitrogens is 1. The molecule has 2 atom stereocenters. The van der Waals surface area contributed by atoms with E-state index < -0.39 is 10.8 Å². The molecule has 0 aliphatic carbocycles. The van der Waals surface area contributed by atoms with Crippen LogP contribution in [0.1, 0.15) is 17.3 Å². The third kappa shape index (κ3) is 3.04. The van der Waals surface area contributed by atoms with Crippen molar-refractivity contribution >= 4 is 27.6 Å². The fraction of sp³-hybridized carbons (Fsp3) is 0.357. The number of benzene rings is 1. The molecule has 4 nitrogen and oxygen atoms in total. The van der Waals surface area contributed by atoms with Crippen LogP contribution in [0.4, 0.5) is 0 Å². The molecule has 5 heteroatoms. The zero-order valence-electron chi connectivity index (χ0n) is 11.3. The van der Waals surface area contributed by atoms with E-state index in [2.05, 4.69) is 4.98 Å². The number of nitrogens with one attached hydrogen (secondary N) is 1. The Hall–Kier alpha value is -1.62. The van der Waals surface area contributed by atoms with Gasteiger partial charge in [-0.3, -0.25) is 9.00 Å². The van der Waals surface area contributed by atoms with Crippen LogP contribution in [0, 0.1) is 0 Å². The average Bonchev–Trinajstić information content (AvgIpc) is 2.83. The minimum absolute atomic E-state index is 0.0438. The van der Waals surface area contributed by atoms with Gasteiger partial charge in [-0.15, -0.1) is 0 Å². The van der Waals surface area contributed by atoms with Gasteiger partial charge in [0.15, 0.2) is 0 Å². The summed E-state index contributed by atoms with van der Waals surface area (Å²) >= 11 is 0. The fourth-order valence-corrected chi connectivity index (χ4v) is 2.94. The van der Waals surface area contributed by atoms with E-state index in [0.29, 0.717) is 11.3 Å². The van der Waals surface area contributed by atoms with E-state index in [1.54, 1.807) is 18.2 Å². The first-order valence-corrected chi connectivity index (χ1v) is 7.86. The molecular formula is C14H18N2O2S. The summed E-state index contributed by atoms with van der Waals surface area (Å²) in [7, 11) is 0.844. The Morgan fingerprint density at radius 1 is 1.42 bits per heavy atom. The van der Waals surface area contributed by atoms with Gasteiger partial charge in [0.1, 0.15) is 0 Å². The van der Waals surface area contributed by atoms with Crippen molar-refractivity contribution in [1.29, 1.82) is 0 Å². The maximum absolute atomic E-state index is 12.3. The highest BCUT2D eigenvalue weighted by Gasteiger charge is 2.18. The van der Waals surface area contributed by atoms with Gasteiger partial charge in [0.25, 0.3) is 5.91 Å². The Bertz CT molecular complexity index is 621. The molecule has 2 aromatic rings. The van der Waals surface area contributed by atoms with Crippen molar-refractivity contribution < 1.29 is 9.00 Å². The van der Waals surface area contributed by atoms with Gasteiger partial charge < -0.3 is 9.88 Å². The second kappa shape index (κ2) is 5.57. The van der Waals surface area contributed by atoms with E-state index in [9.17, 15) is 9.00 Å². The van der Waals surface area contributed by atoms with Crippen molar-refractivity contribution in [2.45, 2.75) is 13.0 Å².